The second-order valence-electron chi connectivity index (χ2n) is 3.23. The van der Waals surface area contributed by atoms with Crippen molar-refractivity contribution in [2.75, 3.05) is 13.2 Å². The monoisotopic (exact) mass is 248 g/mol. The first-order valence-corrected chi connectivity index (χ1v) is 5.80. The van der Waals surface area contributed by atoms with Crippen molar-refractivity contribution in [1.29, 1.82) is 0 Å². The topological polar surface area (TPSA) is 72.8 Å². The van der Waals surface area contributed by atoms with Gasteiger partial charge in [0.15, 0.2) is 8.46 Å². The number of allylic oxidation sites excluding steroid dienone is 1. The van der Waals surface area contributed by atoms with Crippen LogP contribution in [0.1, 0.15) is 27.7 Å². The van der Waals surface area contributed by atoms with Crippen LogP contribution >= 0.6 is 8.46 Å². The maximum absolute atomic E-state index is 11.3. The number of ether oxygens (including phenoxy) is 2. The second-order valence-corrected chi connectivity index (χ2v) is 3.86. The van der Waals surface area contributed by atoms with Gasteiger partial charge < -0.3 is 14.6 Å². The van der Waals surface area contributed by atoms with E-state index in [0.717, 1.165) is 0 Å². The van der Waals surface area contributed by atoms with E-state index in [1.807, 2.05) is 0 Å². The predicted molar refractivity (Wildman–Crippen MR) is 59.6 cm³/mol. The summed E-state index contributed by atoms with van der Waals surface area (Å²) in [4.78, 5) is 11.3. The molecule has 0 unspecified atom stereocenters. The van der Waals surface area contributed by atoms with Crippen LogP contribution in [-0.4, -0.2) is 30.1 Å². The van der Waals surface area contributed by atoms with Gasteiger partial charge in [0.2, 0.25) is 0 Å². The molecule has 0 spiro atoms. The van der Waals surface area contributed by atoms with E-state index < -0.39 is 20.2 Å². The second kappa shape index (κ2) is 6.74. The van der Waals surface area contributed by atoms with Crippen LogP contribution in [0.25, 0.3) is 0 Å². The Kier molecular flexibility index (Phi) is 6.41. The van der Waals surface area contributed by atoms with E-state index in [1.54, 1.807) is 27.7 Å². The molecule has 0 aliphatic heterocycles. The zero-order chi connectivity index (χ0) is 12.8. The van der Waals surface area contributed by atoms with Crippen molar-refractivity contribution in [2.24, 2.45) is 0 Å². The highest BCUT2D eigenvalue weighted by Crippen LogP contribution is 2.34. The van der Waals surface area contributed by atoms with Gasteiger partial charge in [-0.2, -0.15) is 0 Å². The Hall–Kier alpha value is -0.770. The number of carboxylic acids is 1. The molecule has 0 radical (unpaired) electrons. The molecule has 1 N–H and O–H groups in total. The van der Waals surface area contributed by atoms with Crippen molar-refractivity contribution in [3.63, 3.8) is 0 Å². The molecule has 0 aromatic rings. The smallest absolute Gasteiger partial charge is 0.370 e. The van der Waals surface area contributed by atoms with E-state index in [-0.39, 0.29) is 18.5 Å². The third-order valence-electron chi connectivity index (χ3n) is 1.85. The Balaban J connectivity index is 5.57. The summed E-state index contributed by atoms with van der Waals surface area (Å²) >= 11 is 0. The zero-order valence-corrected chi connectivity index (χ0v) is 10.8. The molecule has 0 atom stereocenters. The fourth-order valence-corrected chi connectivity index (χ4v) is 1.82. The molecule has 92 valence electrons. The number of carbonyl (C=O) groups is 1. The minimum Gasteiger partial charge on any atom is -0.477 e. The molecule has 0 aliphatic carbocycles. The average molecular weight is 248 g/mol. The Morgan fingerprint density at radius 1 is 1.25 bits per heavy atom. The van der Waals surface area contributed by atoms with Gasteiger partial charge in [-0.05, 0) is 27.7 Å². The van der Waals surface area contributed by atoms with Gasteiger partial charge in [-0.1, -0.05) is 5.57 Å². The first-order chi connectivity index (χ1) is 7.46. The van der Waals surface area contributed by atoms with Crippen molar-refractivity contribution in [2.45, 2.75) is 33.5 Å². The van der Waals surface area contributed by atoms with Crippen LogP contribution in [0.15, 0.2) is 10.9 Å². The summed E-state index contributed by atoms with van der Waals surface area (Å²) in [7, 11) is -0.408. The van der Waals surface area contributed by atoms with E-state index in [2.05, 4.69) is 0 Å². The Bertz CT molecular complexity index is 288. The van der Waals surface area contributed by atoms with Crippen molar-refractivity contribution in [3.8, 4) is 0 Å². The van der Waals surface area contributed by atoms with Crippen LogP contribution in [0.5, 0.6) is 0 Å². The molecule has 0 aromatic carbocycles. The quantitative estimate of drug-likeness (QED) is 0.553. The molecule has 5 nitrogen and oxygen atoms in total. The van der Waals surface area contributed by atoms with E-state index in [9.17, 15) is 14.5 Å². The fraction of sp³-hybridized carbons (Fsp3) is 0.700. The molecule has 0 saturated heterocycles. The number of carboxylic acid groups (broad SMARTS) is 1. The summed E-state index contributed by atoms with van der Waals surface area (Å²) in [6, 6.07) is 0. The average Bonchev–Trinajstić information content (AvgIpc) is 2.18. The molecule has 0 saturated carbocycles. The minimum atomic E-state index is -1.94. The largest absolute Gasteiger partial charge is 0.477 e. The summed E-state index contributed by atoms with van der Waals surface area (Å²) in [5.74, 6) is -3.23. The highest BCUT2D eigenvalue weighted by Gasteiger charge is 2.46. The molecule has 0 fully saturated rings. The predicted octanol–water partition coefficient (Wildman–Crippen LogP) is 2.43. The van der Waals surface area contributed by atoms with Crippen LogP contribution in [-0.2, 0) is 18.8 Å². The molecule has 0 amide bonds. The van der Waals surface area contributed by atoms with Gasteiger partial charge in [-0.15, -0.1) is 0 Å². The molecule has 0 heterocycles. The van der Waals surface area contributed by atoms with Crippen LogP contribution in [0.4, 0.5) is 0 Å². The molecular formula is C10H17O5P. The minimum absolute atomic E-state index is 0.101. The number of hydrogen-bond acceptors (Lipinski definition) is 4. The van der Waals surface area contributed by atoms with Crippen LogP contribution in [0.2, 0.25) is 0 Å². The van der Waals surface area contributed by atoms with Crippen molar-refractivity contribution >= 4 is 14.4 Å². The highest BCUT2D eigenvalue weighted by atomic mass is 31.1. The molecule has 0 rings (SSSR count). The van der Waals surface area contributed by atoms with E-state index in [4.69, 9.17) is 9.47 Å². The van der Waals surface area contributed by atoms with E-state index >= 15 is 0 Å². The van der Waals surface area contributed by atoms with Gasteiger partial charge in [0, 0.05) is 13.2 Å². The number of rotatable bonds is 7. The lowest BCUT2D eigenvalue weighted by atomic mass is 10.1. The van der Waals surface area contributed by atoms with Crippen molar-refractivity contribution < 1.29 is 23.9 Å². The van der Waals surface area contributed by atoms with E-state index in [1.165, 1.54) is 0 Å². The van der Waals surface area contributed by atoms with Crippen LogP contribution in [0, 0.1) is 0 Å². The Labute approximate surface area is 96.6 Å². The molecule has 16 heavy (non-hydrogen) atoms. The van der Waals surface area contributed by atoms with Gasteiger partial charge in [0.05, 0.1) is 5.31 Å². The normalized spacial score (nSPS) is 11.5. The Morgan fingerprint density at radius 3 is 1.88 bits per heavy atom. The van der Waals surface area contributed by atoms with Crippen molar-refractivity contribution in [1.82, 2.24) is 0 Å². The SMILES string of the molecule is CCOC(OCC)(C(=O)O)C(P=O)=C(C)C. The fourth-order valence-electron chi connectivity index (χ4n) is 1.29. The van der Waals surface area contributed by atoms with E-state index in [0.29, 0.717) is 5.57 Å². The molecule has 0 aliphatic rings. The molecule has 0 bridgehead atoms. The van der Waals surface area contributed by atoms with Crippen LogP contribution in [0.3, 0.4) is 0 Å². The summed E-state index contributed by atoms with van der Waals surface area (Å²) in [5.41, 5.74) is 0.598. The van der Waals surface area contributed by atoms with Gasteiger partial charge in [0.1, 0.15) is 0 Å². The lowest BCUT2D eigenvalue weighted by molar-refractivity contribution is -0.221. The van der Waals surface area contributed by atoms with Gasteiger partial charge in [-0.25, -0.2) is 4.79 Å². The summed E-state index contributed by atoms with van der Waals surface area (Å²) in [6.07, 6.45) is 0. The van der Waals surface area contributed by atoms with Crippen LogP contribution < -0.4 is 0 Å². The molecule has 6 heteroatoms. The van der Waals surface area contributed by atoms with Gasteiger partial charge in [-0.3, -0.25) is 4.57 Å². The third kappa shape index (κ3) is 3.11. The first kappa shape index (κ1) is 15.2. The zero-order valence-electron chi connectivity index (χ0n) is 9.94. The molecular weight excluding hydrogens is 231 g/mol. The van der Waals surface area contributed by atoms with Gasteiger partial charge in [0.25, 0.3) is 0 Å². The standard InChI is InChI=1S/C10H17O5P/c1-5-14-10(9(11)12,15-6-2)8(16-13)7(3)4/h5-6H2,1-4H3,(H,11,12). The Morgan fingerprint density at radius 2 is 1.69 bits per heavy atom. The summed E-state index contributed by atoms with van der Waals surface area (Å²) in [6.45, 7) is 6.94. The van der Waals surface area contributed by atoms with Crippen molar-refractivity contribution in [3.05, 3.63) is 10.9 Å². The highest BCUT2D eigenvalue weighted by molar-refractivity contribution is 7.29. The third-order valence-corrected chi connectivity index (χ3v) is 2.78. The number of hydrogen-bond donors (Lipinski definition) is 1. The lowest BCUT2D eigenvalue weighted by Crippen LogP contribution is -2.45. The van der Waals surface area contributed by atoms with Gasteiger partial charge >= 0.3 is 11.8 Å². The maximum Gasteiger partial charge on any atom is 0.370 e. The summed E-state index contributed by atoms with van der Waals surface area (Å²) < 4.78 is 21.4. The maximum atomic E-state index is 11.3. The lowest BCUT2D eigenvalue weighted by Gasteiger charge is -2.28. The first-order valence-electron chi connectivity index (χ1n) is 4.98. The summed E-state index contributed by atoms with van der Waals surface area (Å²) in [5, 5.41) is 9.31. The number of aliphatic carboxylic acids is 1. The molecule has 0 aromatic heterocycles.